The SMILES string of the molecule is CC(C)(C)C(=O)N1CCCC(C(=O)NCCCS(=O)(=O)Cc2ccccc2)C1. The minimum Gasteiger partial charge on any atom is -0.356 e. The number of nitrogens with one attached hydrogen (secondary N) is 1. The third kappa shape index (κ3) is 6.93. The van der Waals surface area contributed by atoms with Crippen LogP contribution in [0.4, 0.5) is 0 Å². The van der Waals surface area contributed by atoms with Gasteiger partial charge in [0.05, 0.1) is 17.4 Å². The van der Waals surface area contributed by atoms with Gasteiger partial charge in [-0.2, -0.15) is 0 Å². The Morgan fingerprint density at radius 3 is 2.50 bits per heavy atom. The molecule has 2 rings (SSSR count). The fourth-order valence-corrected chi connectivity index (χ4v) is 4.83. The van der Waals surface area contributed by atoms with E-state index in [1.165, 1.54) is 0 Å². The maximum atomic E-state index is 12.4. The average molecular weight is 409 g/mol. The zero-order chi connectivity index (χ0) is 20.8. The lowest BCUT2D eigenvalue weighted by Crippen LogP contribution is -2.48. The maximum absolute atomic E-state index is 12.4. The van der Waals surface area contributed by atoms with Crippen molar-refractivity contribution in [3.63, 3.8) is 0 Å². The van der Waals surface area contributed by atoms with E-state index in [9.17, 15) is 18.0 Å². The number of benzene rings is 1. The number of carbonyl (C=O) groups is 2. The van der Waals surface area contributed by atoms with Gasteiger partial charge in [-0.05, 0) is 24.8 Å². The fraction of sp³-hybridized carbons (Fsp3) is 0.619. The molecule has 0 saturated carbocycles. The number of sulfone groups is 1. The number of carbonyl (C=O) groups excluding carboxylic acids is 2. The Morgan fingerprint density at radius 1 is 1.18 bits per heavy atom. The summed E-state index contributed by atoms with van der Waals surface area (Å²) in [5.41, 5.74) is 0.322. The number of likely N-dealkylation sites (tertiary alicyclic amines) is 1. The van der Waals surface area contributed by atoms with Gasteiger partial charge in [-0.3, -0.25) is 9.59 Å². The summed E-state index contributed by atoms with van der Waals surface area (Å²) in [4.78, 5) is 26.6. The van der Waals surface area contributed by atoms with Gasteiger partial charge in [0, 0.05) is 25.0 Å². The summed E-state index contributed by atoms with van der Waals surface area (Å²) in [5, 5.41) is 2.85. The number of piperidine rings is 1. The van der Waals surface area contributed by atoms with Gasteiger partial charge in [-0.1, -0.05) is 51.1 Å². The molecule has 0 spiro atoms. The lowest BCUT2D eigenvalue weighted by Gasteiger charge is -2.35. The molecule has 28 heavy (non-hydrogen) atoms. The minimum atomic E-state index is -3.20. The predicted octanol–water partition coefficient (Wildman–Crippen LogP) is 2.39. The summed E-state index contributed by atoms with van der Waals surface area (Å²) in [6.45, 7) is 7.11. The van der Waals surface area contributed by atoms with Crippen LogP contribution in [0.3, 0.4) is 0 Å². The van der Waals surface area contributed by atoms with E-state index < -0.39 is 15.3 Å². The van der Waals surface area contributed by atoms with E-state index in [1.54, 1.807) is 17.0 Å². The van der Waals surface area contributed by atoms with Crippen LogP contribution in [-0.2, 0) is 25.2 Å². The largest absolute Gasteiger partial charge is 0.356 e. The van der Waals surface area contributed by atoms with Crippen LogP contribution < -0.4 is 5.32 Å². The Bertz CT molecular complexity index is 769. The first-order valence-corrected chi connectivity index (χ1v) is 11.7. The van der Waals surface area contributed by atoms with Gasteiger partial charge in [0.25, 0.3) is 0 Å². The van der Waals surface area contributed by atoms with Crippen molar-refractivity contribution >= 4 is 21.7 Å². The highest BCUT2D eigenvalue weighted by Crippen LogP contribution is 2.23. The van der Waals surface area contributed by atoms with Gasteiger partial charge in [0.15, 0.2) is 9.84 Å². The molecular weight excluding hydrogens is 376 g/mol. The average Bonchev–Trinajstić information content (AvgIpc) is 2.64. The van der Waals surface area contributed by atoms with Crippen molar-refractivity contribution in [3.8, 4) is 0 Å². The Hall–Kier alpha value is -1.89. The highest BCUT2D eigenvalue weighted by Gasteiger charge is 2.33. The summed E-state index contributed by atoms with van der Waals surface area (Å²) in [7, 11) is -3.20. The second kappa shape index (κ2) is 9.54. The molecule has 1 aromatic rings. The molecule has 1 aliphatic heterocycles. The molecular formula is C21H32N2O4S. The van der Waals surface area contributed by atoms with Crippen molar-refractivity contribution in [2.24, 2.45) is 11.3 Å². The summed E-state index contributed by atoms with van der Waals surface area (Å²) in [6.07, 6.45) is 1.95. The second-order valence-electron chi connectivity index (χ2n) is 8.56. The highest BCUT2D eigenvalue weighted by molar-refractivity contribution is 7.90. The number of rotatable bonds is 7. The zero-order valence-corrected chi connectivity index (χ0v) is 17.9. The van der Waals surface area contributed by atoms with Gasteiger partial charge in [0.2, 0.25) is 11.8 Å². The summed E-state index contributed by atoms with van der Waals surface area (Å²) >= 11 is 0. The number of hydrogen-bond acceptors (Lipinski definition) is 4. The van der Waals surface area contributed by atoms with E-state index in [0.29, 0.717) is 26.1 Å². The minimum absolute atomic E-state index is 0.0221. The summed E-state index contributed by atoms with van der Waals surface area (Å²) in [5.74, 6) is -0.180. The molecule has 0 aliphatic carbocycles. The second-order valence-corrected chi connectivity index (χ2v) is 10.7. The van der Waals surface area contributed by atoms with Crippen LogP contribution in [0.2, 0.25) is 0 Å². The van der Waals surface area contributed by atoms with Crippen LogP contribution in [0.15, 0.2) is 30.3 Å². The van der Waals surface area contributed by atoms with Gasteiger partial charge in [-0.25, -0.2) is 8.42 Å². The number of nitrogens with zero attached hydrogens (tertiary/aromatic N) is 1. The molecule has 1 atom stereocenters. The van der Waals surface area contributed by atoms with Crippen molar-refractivity contribution < 1.29 is 18.0 Å². The highest BCUT2D eigenvalue weighted by atomic mass is 32.2. The topological polar surface area (TPSA) is 83.6 Å². The Morgan fingerprint density at radius 2 is 1.86 bits per heavy atom. The van der Waals surface area contributed by atoms with Crippen molar-refractivity contribution in [3.05, 3.63) is 35.9 Å². The molecule has 6 nitrogen and oxygen atoms in total. The van der Waals surface area contributed by atoms with Gasteiger partial charge in [-0.15, -0.1) is 0 Å². The zero-order valence-electron chi connectivity index (χ0n) is 17.1. The van der Waals surface area contributed by atoms with E-state index >= 15 is 0 Å². The van der Waals surface area contributed by atoms with Crippen LogP contribution >= 0.6 is 0 Å². The van der Waals surface area contributed by atoms with Crippen LogP contribution in [0.1, 0.15) is 45.6 Å². The first-order valence-electron chi connectivity index (χ1n) is 9.90. The van der Waals surface area contributed by atoms with Crippen molar-refractivity contribution in [1.82, 2.24) is 10.2 Å². The Balaban J connectivity index is 1.75. The van der Waals surface area contributed by atoms with E-state index in [1.807, 2.05) is 39.0 Å². The smallest absolute Gasteiger partial charge is 0.227 e. The van der Waals surface area contributed by atoms with E-state index in [0.717, 1.165) is 18.4 Å². The van der Waals surface area contributed by atoms with Gasteiger partial charge >= 0.3 is 0 Å². The molecule has 7 heteroatoms. The molecule has 1 fully saturated rings. The number of hydrogen-bond donors (Lipinski definition) is 1. The first kappa shape index (κ1) is 22.4. The molecule has 1 unspecified atom stereocenters. The van der Waals surface area contributed by atoms with E-state index in [-0.39, 0.29) is 29.2 Å². The third-order valence-electron chi connectivity index (χ3n) is 4.88. The van der Waals surface area contributed by atoms with Crippen LogP contribution in [0.5, 0.6) is 0 Å². The molecule has 2 amide bonds. The molecule has 0 aromatic heterocycles. The van der Waals surface area contributed by atoms with Crippen molar-refractivity contribution in [2.75, 3.05) is 25.4 Å². The van der Waals surface area contributed by atoms with Gasteiger partial charge in [0.1, 0.15) is 0 Å². The van der Waals surface area contributed by atoms with E-state index in [4.69, 9.17) is 0 Å². The molecule has 156 valence electrons. The third-order valence-corrected chi connectivity index (χ3v) is 6.57. The first-order chi connectivity index (χ1) is 13.1. The lowest BCUT2D eigenvalue weighted by atomic mass is 9.91. The molecule has 1 N–H and O–H groups in total. The predicted molar refractivity (Wildman–Crippen MR) is 110 cm³/mol. The van der Waals surface area contributed by atoms with Crippen molar-refractivity contribution in [1.29, 1.82) is 0 Å². The Kier molecular flexibility index (Phi) is 7.63. The Labute approximate surface area is 168 Å². The summed E-state index contributed by atoms with van der Waals surface area (Å²) < 4.78 is 24.4. The molecule has 1 aliphatic rings. The van der Waals surface area contributed by atoms with E-state index in [2.05, 4.69) is 5.32 Å². The molecule has 1 saturated heterocycles. The number of amides is 2. The molecule has 0 bridgehead atoms. The van der Waals surface area contributed by atoms with Crippen LogP contribution in [-0.4, -0.2) is 50.5 Å². The van der Waals surface area contributed by atoms with Crippen LogP contribution in [0.25, 0.3) is 0 Å². The quantitative estimate of drug-likeness (QED) is 0.702. The standard InChI is InChI=1S/C21H32N2O4S/c1-21(2,3)20(25)23-13-7-11-18(15-23)19(24)22-12-8-14-28(26,27)16-17-9-5-4-6-10-17/h4-6,9-10,18H,7-8,11-16H2,1-3H3,(H,22,24). The fourth-order valence-electron chi connectivity index (χ4n) is 3.40. The molecule has 1 heterocycles. The lowest BCUT2D eigenvalue weighted by molar-refractivity contribution is -0.142. The van der Waals surface area contributed by atoms with Gasteiger partial charge < -0.3 is 10.2 Å². The molecule has 0 radical (unpaired) electrons. The van der Waals surface area contributed by atoms with Crippen LogP contribution in [0, 0.1) is 11.3 Å². The van der Waals surface area contributed by atoms with Crippen molar-refractivity contribution in [2.45, 2.75) is 45.8 Å². The molecule has 1 aromatic carbocycles. The maximum Gasteiger partial charge on any atom is 0.227 e. The monoisotopic (exact) mass is 408 g/mol. The normalized spacial score (nSPS) is 18.0. The summed E-state index contributed by atoms with van der Waals surface area (Å²) in [6, 6.07) is 9.10.